The molecule has 1 amide bonds. The Morgan fingerprint density at radius 1 is 1.05 bits per heavy atom. The van der Waals surface area contributed by atoms with Crippen LogP contribution in [0.5, 0.6) is 5.75 Å². The van der Waals surface area contributed by atoms with Crippen LogP contribution in [0.25, 0.3) is 21.6 Å². The molecule has 0 spiro atoms. The molecule has 2 atom stereocenters. The predicted octanol–water partition coefficient (Wildman–Crippen LogP) is 5.30. The molecule has 2 aromatic carbocycles. The smallest absolute Gasteiger partial charge is 0.431 e. The van der Waals surface area contributed by atoms with Gasteiger partial charge in [0, 0.05) is 34.8 Å². The van der Waals surface area contributed by atoms with Crippen molar-refractivity contribution in [2.45, 2.75) is 32.2 Å². The predicted molar refractivity (Wildman–Crippen MR) is 154 cm³/mol. The second-order valence-electron chi connectivity index (χ2n) is 10.6. The van der Waals surface area contributed by atoms with E-state index in [0.717, 1.165) is 22.1 Å². The average molecular weight is 606 g/mol. The third-order valence-corrected chi connectivity index (χ3v) is 8.74. The van der Waals surface area contributed by atoms with Crippen molar-refractivity contribution in [2.24, 2.45) is 0 Å². The zero-order valence-electron chi connectivity index (χ0n) is 23.1. The number of nitrogens with zero attached hydrogens (tertiary/aromatic N) is 3. The summed E-state index contributed by atoms with van der Waals surface area (Å²) in [5, 5.41) is 3.65. The number of carbonyl (C=O) groups excluding carboxylic acids is 2. The molecule has 1 fully saturated rings. The molecule has 7 rings (SSSR count). The van der Waals surface area contributed by atoms with Crippen molar-refractivity contribution < 1.29 is 32.6 Å². The first-order valence-electron chi connectivity index (χ1n) is 13.7. The second kappa shape index (κ2) is 10.3. The fourth-order valence-corrected chi connectivity index (χ4v) is 7.04. The van der Waals surface area contributed by atoms with Crippen LogP contribution < -0.4 is 15.2 Å². The fraction of sp³-hybridized carbons (Fsp3) is 0.258. The summed E-state index contributed by atoms with van der Waals surface area (Å²) in [6.45, 7) is 3.78. The third kappa shape index (κ3) is 4.23. The van der Waals surface area contributed by atoms with Gasteiger partial charge in [-0.3, -0.25) is 19.3 Å². The molecule has 4 aromatic rings. The quantitative estimate of drug-likeness (QED) is 0.293. The van der Waals surface area contributed by atoms with Gasteiger partial charge >= 0.3 is 6.16 Å². The van der Waals surface area contributed by atoms with E-state index in [1.165, 1.54) is 28.3 Å². The summed E-state index contributed by atoms with van der Waals surface area (Å²) in [7, 11) is 0. The molecular weight excluding hydrogens is 580 g/mol. The molecule has 3 aliphatic rings. The molecule has 2 unspecified atom stereocenters. The van der Waals surface area contributed by atoms with Crippen molar-refractivity contribution in [2.75, 3.05) is 24.8 Å². The number of fused-ring (bicyclic) bond motifs is 7. The summed E-state index contributed by atoms with van der Waals surface area (Å²) in [4.78, 5) is 42.0. The maximum Gasteiger partial charge on any atom is 0.514 e. The molecule has 1 saturated heterocycles. The van der Waals surface area contributed by atoms with Crippen LogP contribution in [0, 0.1) is 11.6 Å². The summed E-state index contributed by atoms with van der Waals surface area (Å²) in [5.74, 6) is -3.00. The van der Waals surface area contributed by atoms with E-state index >= 15 is 4.39 Å². The van der Waals surface area contributed by atoms with Crippen LogP contribution >= 0.6 is 11.3 Å². The number of amides is 1. The zero-order chi connectivity index (χ0) is 30.0. The van der Waals surface area contributed by atoms with Crippen LogP contribution in [0.15, 0.2) is 64.9 Å². The van der Waals surface area contributed by atoms with Crippen molar-refractivity contribution in [3.63, 3.8) is 0 Å². The lowest BCUT2D eigenvalue weighted by atomic mass is 9.92. The van der Waals surface area contributed by atoms with Crippen LogP contribution in [0.3, 0.4) is 0 Å². The molecule has 0 bridgehead atoms. The van der Waals surface area contributed by atoms with Gasteiger partial charge in [0.25, 0.3) is 5.91 Å². The van der Waals surface area contributed by atoms with Gasteiger partial charge in [-0.05, 0) is 48.1 Å². The molecule has 4 heterocycles. The molecule has 220 valence electrons. The van der Waals surface area contributed by atoms with Crippen molar-refractivity contribution in [3.8, 4) is 27.3 Å². The summed E-state index contributed by atoms with van der Waals surface area (Å²) in [5.41, 5.74) is 1.82. The summed E-state index contributed by atoms with van der Waals surface area (Å²) >= 11 is 1.42. The molecule has 9 nitrogen and oxygen atoms in total. The number of benzene rings is 2. The van der Waals surface area contributed by atoms with E-state index in [2.05, 4.69) is 0 Å². The lowest BCUT2D eigenvalue weighted by molar-refractivity contribution is -0.0197. The van der Waals surface area contributed by atoms with Crippen LogP contribution in [0.4, 0.5) is 13.6 Å². The molecule has 0 N–H and O–H groups in total. The Morgan fingerprint density at radius 3 is 2.67 bits per heavy atom. The average Bonchev–Trinajstić information content (AvgIpc) is 3.43. The van der Waals surface area contributed by atoms with E-state index < -0.39 is 53.2 Å². The van der Waals surface area contributed by atoms with E-state index in [1.807, 2.05) is 34.7 Å². The Labute approximate surface area is 248 Å². The minimum atomic E-state index is -1.13. The Balaban J connectivity index is 1.52. The van der Waals surface area contributed by atoms with Gasteiger partial charge in [0.05, 0.1) is 25.4 Å². The molecule has 2 aromatic heterocycles. The first-order chi connectivity index (χ1) is 20.8. The van der Waals surface area contributed by atoms with Gasteiger partial charge in [-0.1, -0.05) is 30.3 Å². The molecule has 0 radical (unpaired) electrons. The third-order valence-electron chi connectivity index (χ3n) is 7.79. The fourth-order valence-electron chi connectivity index (χ4n) is 6.09. The Kier molecular flexibility index (Phi) is 6.55. The van der Waals surface area contributed by atoms with Gasteiger partial charge in [0.1, 0.15) is 6.17 Å². The van der Waals surface area contributed by atoms with Crippen LogP contribution in [-0.4, -0.2) is 53.7 Å². The van der Waals surface area contributed by atoms with E-state index in [4.69, 9.17) is 14.2 Å². The number of morpholine rings is 1. The first-order valence-corrected chi connectivity index (χ1v) is 14.6. The van der Waals surface area contributed by atoms with E-state index in [1.54, 1.807) is 30.9 Å². The number of hydrogen-bond acceptors (Lipinski definition) is 8. The summed E-state index contributed by atoms with van der Waals surface area (Å²) in [6, 6.07) is 12.4. The van der Waals surface area contributed by atoms with Gasteiger partial charge in [-0.2, -0.15) is 0 Å². The topological polar surface area (TPSA) is 90.3 Å². The SMILES string of the molecule is CC(C)OC(=O)Oc1c2n(ccc1=O)N(C1c3ccccc3-c3sccc3-c3c1ccc(F)c3F)C1COCCN1C2=O. The Morgan fingerprint density at radius 2 is 1.86 bits per heavy atom. The lowest BCUT2D eigenvalue weighted by Gasteiger charge is -2.51. The van der Waals surface area contributed by atoms with Crippen LogP contribution in [0.1, 0.15) is 41.5 Å². The van der Waals surface area contributed by atoms with Crippen LogP contribution in [0.2, 0.25) is 0 Å². The number of hydrogen-bond donors (Lipinski definition) is 0. The zero-order valence-corrected chi connectivity index (χ0v) is 23.9. The van der Waals surface area contributed by atoms with Gasteiger partial charge in [0.2, 0.25) is 11.2 Å². The largest absolute Gasteiger partial charge is 0.514 e. The highest BCUT2D eigenvalue weighted by Gasteiger charge is 2.47. The van der Waals surface area contributed by atoms with Gasteiger partial charge in [0.15, 0.2) is 17.3 Å². The number of rotatable bonds is 3. The maximum atomic E-state index is 15.8. The van der Waals surface area contributed by atoms with E-state index in [0.29, 0.717) is 11.1 Å². The van der Waals surface area contributed by atoms with E-state index in [-0.39, 0.29) is 31.0 Å². The second-order valence-corrected chi connectivity index (χ2v) is 11.5. The van der Waals surface area contributed by atoms with Gasteiger partial charge < -0.3 is 19.1 Å². The Hall–Kier alpha value is -4.55. The number of halogens is 2. The normalized spacial score (nSPS) is 18.7. The number of ether oxygens (including phenoxy) is 3. The summed E-state index contributed by atoms with van der Waals surface area (Å²) in [6.07, 6.45) is -0.940. The molecule has 0 saturated carbocycles. The highest BCUT2D eigenvalue weighted by atomic mass is 32.1. The highest BCUT2D eigenvalue weighted by Crippen LogP contribution is 2.51. The number of carbonyl (C=O) groups is 2. The molecular formula is C31H25F2N3O6S. The van der Waals surface area contributed by atoms with Gasteiger partial charge in [-0.25, -0.2) is 13.6 Å². The van der Waals surface area contributed by atoms with E-state index in [9.17, 15) is 18.8 Å². The number of thiophene rings is 1. The minimum Gasteiger partial charge on any atom is -0.431 e. The van der Waals surface area contributed by atoms with Crippen molar-refractivity contribution in [1.82, 2.24) is 9.58 Å². The van der Waals surface area contributed by atoms with Crippen molar-refractivity contribution in [3.05, 3.63) is 98.8 Å². The highest BCUT2D eigenvalue weighted by molar-refractivity contribution is 7.14. The van der Waals surface area contributed by atoms with Crippen molar-refractivity contribution >= 4 is 23.4 Å². The molecule has 12 heteroatoms. The van der Waals surface area contributed by atoms with Crippen LogP contribution in [-0.2, 0) is 9.47 Å². The maximum absolute atomic E-state index is 15.8. The standard InChI is InChI=1S/C31H25F2N3O6S/c1-16(2)41-31(39)42-28-22(37)9-11-35-27(28)30(38)34-12-13-40-15-23(34)36(35)26-17-5-3-4-6-18(17)29-20(10-14-43-29)24-19(26)7-8-21(32)25(24)33/h3-11,14,16,23,26H,12-13,15H2,1-2H3. The number of pyridine rings is 1. The first kappa shape index (κ1) is 27.3. The minimum absolute atomic E-state index is 0.0996. The summed E-state index contributed by atoms with van der Waals surface area (Å²) < 4.78 is 48.5. The molecule has 1 aliphatic carbocycles. The monoisotopic (exact) mass is 605 g/mol. The Bertz CT molecular complexity index is 1850. The van der Waals surface area contributed by atoms with Gasteiger partial charge in [-0.15, -0.1) is 11.3 Å². The lowest BCUT2D eigenvalue weighted by Crippen LogP contribution is -2.66. The molecule has 43 heavy (non-hydrogen) atoms. The van der Waals surface area contributed by atoms with Crippen molar-refractivity contribution in [1.29, 1.82) is 0 Å². The molecule has 2 aliphatic heterocycles. The number of aromatic nitrogens is 1.